The summed E-state index contributed by atoms with van der Waals surface area (Å²) in [7, 11) is 0. The number of hydrogen-bond donors (Lipinski definition) is 3. The molecule has 9 heteroatoms. The van der Waals surface area contributed by atoms with E-state index in [-0.39, 0.29) is 17.9 Å². The minimum Gasteiger partial charge on any atom is -0.455 e. The number of aromatic nitrogens is 2. The summed E-state index contributed by atoms with van der Waals surface area (Å²) in [4.78, 5) is 47.0. The number of amides is 2. The SMILES string of the molecule is CC(=O)Nc1cccc(NC(=O)COC(=O)Cc2n[nH]c(=O)c3ccccc23)c1. The van der Waals surface area contributed by atoms with Crippen LogP contribution in [0.25, 0.3) is 10.8 Å². The van der Waals surface area contributed by atoms with Crippen LogP contribution in [0.1, 0.15) is 12.6 Å². The highest BCUT2D eigenvalue weighted by Gasteiger charge is 2.13. The summed E-state index contributed by atoms with van der Waals surface area (Å²) in [6.07, 6.45) is -0.192. The van der Waals surface area contributed by atoms with Crippen LogP contribution in [0.15, 0.2) is 53.3 Å². The Labute approximate surface area is 165 Å². The van der Waals surface area contributed by atoms with Gasteiger partial charge in [0.25, 0.3) is 11.5 Å². The van der Waals surface area contributed by atoms with Crippen LogP contribution in [0.3, 0.4) is 0 Å². The van der Waals surface area contributed by atoms with E-state index in [1.54, 1.807) is 48.5 Å². The highest BCUT2D eigenvalue weighted by atomic mass is 16.5. The van der Waals surface area contributed by atoms with Gasteiger partial charge in [0, 0.05) is 23.7 Å². The maximum atomic E-state index is 12.1. The molecule has 0 unspecified atom stereocenters. The Bertz CT molecular complexity index is 1140. The van der Waals surface area contributed by atoms with E-state index in [4.69, 9.17) is 4.74 Å². The maximum Gasteiger partial charge on any atom is 0.312 e. The maximum absolute atomic E-state index is 12.1. The Kier molecular flexibility index (Phi) is 5.98. The van der Waals surface area contributed by atoms with Crippen LogP contribution in [0, 0.1) is 0 Å². The van der Waals surface area contributed by atoms with Crippen LogP contribution >= 0.6 is 0 Å². The number of anilines is 2. The van der Waals surface area contributed by atoms with Crippen molar-refractivity contribution in [1.29, 1.82) is 0 Å². The largest absolute Gasteiger partial charge is 0.455 e. The zero-order valence-electron chi connectivity index (χ0n) is 15.5. The molecule has 3 N–H and O–H groups in total. The van der Waals surface area contributed by atoms with Crippen LogP contribution in [0.5, 0.6) is 0 Å². The number of ether oxygens (including phenoxy) is 1. The molecule has 1 aromatic heterocycles. The lowest BCUT2D eigenvalue weighted by Crippen LogP contribution is -2.22. The number of nitrogens with zero attached hydrogens (tertiary/aromatic N) is 1. The lowest BCUT2D eigenvalue weighted by atomic mass is 10.1. The number of esters is 1. The van der Waals surface area contributed by atoms with Gasteiger partial charge in [0.05, 0.1) is 17.5 Å². The molecule has 0 aliphatic rings. The summed E-state index contributed by atoms with van der Waals surface area (Å²) in [5.74, 6) is -1.42. The van der Waals surface area contributed by atoms with Crippen molar-refractivity contribution in [3.8, 4) is 0 Å². The van der Waals surface area contributed by atoms with Crippen molar-refractivity contribution < 1.29 is 19.1 Å². The first kappa shape index (κ1) is 19.7. The highest BCUT2D eigenvalue weighted by Crippen LogP contribution is 2.15. The van der Waals surface area contributed by atoms with Gasteiger partial charge in [-0.2, -0.15) is 5.10 Å². The van der Waals surface area contributed by atoms with Crippen LogP contribution in [0.2, 0.25) is 0 Å². The molecule has 0 atom stereocenters. The number of benzene rings is 2. The van der Waals surface area contributed by atoms with Gasteiger partial charge in [-0.15, -0.1) is 0 Å². The summed E-state index contributed by atoms with van der Waals surface area (Å²) in [5, 5.41) is 12.4. The fourth-order valence-electron chi connectivity index (χ4n) is 2.72. The Hall–Kier alpha value is -4.01. The summed E-state index contributed by atoms with van der Waals surface area (Å²) in [6, 6.07) is 13.3. The van der Waals surface area contributed by atoms with Gasteiger partial charge >= 0.3 is 5.97 Å². The summed E-state index contributed by atoms with van der Waals surface area (Å²) < 4.78 is 5.00. The second kappa shape index (κ2) is 8.79. The third kappa shape index (κ3) is 5.25. The Balaban J connectivity index is 1.57. The molecule has 0 bridgehead atoms. The fraction of sp³-hybridized carbons (Fsp3) is 0.150. The molecule has 0 saturated carbocycles. The molecule has 0 saturated heterocycles. The van der Waals surface area contributed by atoms with Gasteiger partial charge < -0.3 is 15.4 Å². The first-order valence-electron chi connectivity index (χ1n) is 8.72. The van der Waals surface area contributed by atoms with Gasteiger partial charge in [-0.3, -0.25) is 19.2 Å². The van der Waals surface area contributed by atoms with Crippen molar-refractivity contribution >= 4 is 39.9 Å². The molecule has 0 aliphatic heterocycles. The molecular weight excluding hydrogens is 376 g/mol. The molecule has 0 radical (unpaired) electrons. The molecule has 2 amide bonds. The van der Waals surface area contributed by atoms with Crippen molar-refractivity contribution in [2.24, 2.45) is 0 Å². The van der Waals surface area contributed by atoms with E-state index < -0.39 is 18.5 Å². The lowest BCUT2D eigenvalue weighted by molar-refractivity contribution is -0.146. The van der Waals surface area contributed by atoms with Crippen molar-refractivity contribution in [2.45, 2.75) is 13.3 Å². The minimum atomic E-state index is -0.656. The van der Waals surface area contributed by atoms with Gasteiger partial charge in [-0.1, -0.05) is 24.3 Å². The van der Waals surface area contributed by atoms with Crippen molar-refractivity contribution in [2.75, 3.05) is 17.2 Å². The molecule has 0 fully saturated rings. The first-order valence-corrected chi connectivity index (χ1v) is 8.72. The van der Waals surface area contributed by atoms with E-state index in [9.17, 15) is 19.2 Å². The highest BCUT2D eigenvalue weighted by molar-refractivity contribution is 5.95. The molecule has 148 valence electrons. The fourth-order valence-corrected chi connectivity index (χ4v) is 2.72. The van der Waals surface area contributed by atoms with E-state index in [2.05, 4.69) is 20.8 Å². The Morgan fingerprint density at radius 2 is 1.69 bits per heavy atom. The quantitative estimate of drug-likeness (QED) is 0.545. The third-order valence-electron chi connectivity index (χ3n) is 3.92. The molecule has 1 heterocycles. The van der Waals surface area contributed by atoms with E-state index in [1.165, 1.54) is 6.92 Å². The van der Waals surface area contributed by atoms with E-state index >= 15 is 0 Å². The number of H-pyrrole nitrogens is 1. The van der Waals surface area contributed by atoms with Crippen molar-refractivity contribution in [1.82, 2.24) is 10.2 Å². The van der Waals surface area contributed by atoms with Gasteiger partial charge in [-0.25, -0.2) is 5.10 Å². The van der Waals surface area contributed by atoms with Crippen molar-refractivity contribution in [3.63, 3.8) is 0 Å². The standard InChI is InChI=1S/C20H18N4O5/c1-12(25)21-13-5-4-6-14(9-13)22-18(26)11-29-19(27)10-17-15-7-2-3-8-16(15)20(28)24-23-17/h2-9H,10-11H2,1H3,(H,21,25)(H,22,26)(H,24,28). The normalized spacial score (nSPS) is 10.4. The average Bonchev–Trinajstić information content (AvgIpc) is 2.68. The van der Waals surface area contributed by atoms with E-state index in [0.717, 1.165) is 0 Å². The van der Waals surface area contributed by atoms with Gasteiger partial charge in [0.15, 0.2) is 6.61 Å². The second-order valence-electron chi connectivity index (χ2n) is 6.19. The molecule has 3 aromatic rings. The summed E-state index contributed by atoms with van der Waals surface area (Å²) in [6.45, 7) is 0.898. The van der Waals surface area contributed by atoms with Crippen molar-refractivity contribution in [3.05, 3.63) is 64.6 Å². The van der Waals surface area contributed by atoms with E-state index in [0.29, 0.717) is 27.8 Å². The average molecular weight is 394 g/mol. The predicted octanol–water partition coefficient (Wildman–Crippen LogP) is 1.61. The number of fused-ring (bicyclic) bond motifs is 1. The first-order chi connectivity index (χ1) is 13.9. The summed E-state index contributed by atoms with van der Waals surface area (Å²) >= 11 is 0. The minimum absolute atomic E-state index is 0.192. The van der Waals surface area contributed by atoms with Crippen LogP contribution in [-0.4, -0.2) is 34.6 Å². The number of carbonyl (C=O) groups excluding carboxylic acids is 3. The topological polar surface area (TPSA) is 130 Å². The summed E-state index contributed by atoms with van der Waals surface area (Å²) in [5.41, 5.74) is 0.987. The zero-order chi connectivity index (χ0) is 20.8. The Morgan fingerprint density at radius 1 is 1.00 bits per heavy atom. The van der Waals surface area contributed by atoms with Gasteiger partial charge in [0.2, 0.25) is 5.91 Å². The number of aromatic amines is 1. The predicted molar refractivity (Wildman–Crippen MR) is 106 cm³/mol. The molecule has 29 heavy (non-hydrogen) atoms. The molecular formula is C20H18N4O5. The lowest BCUT2D eigenvalue weighted by Gasteiger charge is -2.09. The molecule has 0 spiro atoms. The zero-order valence-corrected chi connectivity index (χ0v) is 15.5. The molecule has 2 aromatic carbocycles. The van der Waals surface area contributed by atoms with Gasteiger partial charge in [-0.05, 0) is 24.3 Å². The number of hydrogen-bond acceptors (Lipinski definition) is 6. The van der Waals surface area contributed by atoms with Crippen LogP contribution < -0.4 is 16.2 Å². The Morgan fingerprint density at radius 3 is 2.41 bits per heavy atom. The molecule has 0 aliphatic carbocycles. The molecule has 9 nitrogen and oxygen atoms in total. The van der Waals surface area contributed by atoms with Crippen LogP contribution in [0.4, 0.5) is 11.4 Å². The number of carbonyl (C=O) groups is 3. The third-order valence-corrected chi connectivity index (χ3v) is 3.92. The van der Waals surface area contributed by atoms with E-state index in [1.807, 2.05) is 0 Å². The second-order valence-corrected chi connectivity index (χ2v) is 6.19. The number of rotatable bonds is 6. The number of nitrogens with one attached hydrogen (secondary N) is 3. The monoisotopic (exact) mass is 394 g/mol. The smallest absolute Gasteiger partial charge is 0.312 e. The van der Waals surface area contributed by atoms with Gasteiger partial charge in [0.1, 0.15) is 0 Å². The van der Waals surface area contributed by atoms with Crippen LogP contribution in [-0.2, 0) is 25.5 Å². The molecule has 3 rings (SSSR count).